The summed E-state index contributed by atoms with van der Waals surface area (Å²) in [6.45, 7) is 4.95. The molecule has 0 unspecified atom stereocenters. The number of allylic oxidation sites excluding steroid dienone is 1. The van der Waals surface area contributed by atoms with Crippen molar-refractivity contribution in [1.82, 2.24) is 15.0 Å². The number of aryl methyl sites for hydroxylation is 2. The number of nitrogens with zero attached hydrogens (tertiary/aromatic N) is 3. The Labute approximate surface area is 118 Å². The van der Waals surface area contributed by atoms with Gasteiger partial charge in [-0.25, -0.2) is 4.68 Å². The monoisotopic (exact) mass is 263 g/mol. The van der Waals surface area contributed by atoms with Gasteiger partial charge < -0.3 is 0 Å². The van der Waals surface area contributed by atoms with Crippen LogP contribution in [0.15, 0.2) is 48.5 Å². The Kier molecular flexibility index (Phi) is 3.33. The summed E-state index contributed by atoms with van der Waals surface area (Å²) in [5.41, 5.74) is 5.77. The van der Waals surface area contributed by atoms with E-state index in [9.17, 15) is 0 Å². The Morgan fingerprint density at radius 3 is 2.60 bits per heavy atom. The lowest BCUT2D eigenvalue weighted by molar-refractivity contribution is 0.683. The zero-order chi connectivity index (χ0) is 13.9. The largest absolute Gasteiger partial charge is 0.241 e. The van der Waals surface area contributed by atoms with Crippen molar-refractivity contribution >= 4 is 17.1 Å². The molecular formula is C17H17N3. The summed E-state index contributed by atoms with van der Waals surface area (Å²) < 4.78 is 1.93. The Balaban J connectivity index is 1.85. The molecule has 20 heavy (non-hydrogen) atoms. The first kappa shape index (κ1) is 12.6. The molecule has 2 aromatic carbocycles. The van der Waals surface area contributed by atoms with Crippen molar-refractivity contribution in [2.75, 3.05) is 0 Å². The third kappa shape index (κ3) is 2.48. The summed E-state index contributed by atoms with van der Waals surface area (Å²) in [7, 11) is 0. The minimum absolute atomic E-state index is 0.730. The van der Waals surface area contributed by atoms with E-state index < -0.39 is 0 Å². The maximum absolute atomic E-state index is 4.23. The number of hydrogen-bond donors (Lipinski definition) is 0. The second kappa shape index (κ2) is 5.29. The van der Waals surface area contributed by atoms with Crippen molar-refractivity contribution in [3.8, 4) is 0 Å². The Hall–Kier alpha value is -2.42. The highest BCUT2D eigenvalue weighted by Crippen LogP contribution is 2.17. The fourth-order valence-corrected chi connectivity index (χ4v) is 2.21. The molecule has 0 aliphatic heterocycles. The summed E-state index contributed by atoms with van der Waals surface area (Å²) in [4.78, 5) is 0. The van der Waals surface area contributed by atoms with Gasteiger partial charge in [0.05, 0.1) is 12.1 Å². The van der Waals surface area contributed by atoms with E-state index in [-0.39, 0.29) is 0 Å². The molecule has 0 saturated carbocycles. The van der Waals surface area contributed by atoms with Gasteiger partial charge in [0, 0.05) is 0 Å². The molecule has 3 aromatic rings. The normalized spacial score (nSPS) is 11.5. The fourth-order valence-electron chi connectivity index (χ4n) is 2.21. The Bertz CT molecular complexity index is 755. The van der Waals surface area contributed by atoms with Crippen LogP contribution in [0.4, 0.5) is 0 Å². The van der Waals surface area contributed by atoms with Crippen molar-refractivity contribution < 1.29 is 0 Å². The van der Waals surface area contributed by atoms with Crippen molar-refractivity contribution in [2.24, 2.45) is 0 Å². The van der Waals surface area contributed by atoms with Crippen LogP contribution < -0.4 is 0 Å². The van der Waals surface area contributed by atoms with Crippen LogP contribution in [-0.4, -0.2) is 15.0 Å². The molecule has 3 rings (SSSR count). The molecule has 100 valence electrons. The lowest BCUT2D eigenvalue weighted by Gasteiger charge is -2.01. The first-order valence-corrected chi connectivity index (χ1v) is 6.76. The van der Waals surface area contributed by atoms with E-state index in [4.69, 9.17) is 0 Å². The molecule has 1 heterocycles. The van der Waals surface area contributed by atoms with Gasteiger partial charge in [0.1, 0.15) is 5.52 Å². The average molecular weight is 263 g/mol. The van der Waals surface area contributed by atoms with Gasteiger partial charge in [0.25, 0.3) is 0 Å². The van der Waals surface area contributed by atoms with Crippen LogP contribution in [0, 0.1) is 13.8 Å². The molecule has 3 heteroatoms. The standard InChI is InChI=1S/C17H17N3/c1-13-11-16-17(12-14(13)2)20(19-18-16)10-6-9-15-7-4-3-5-8-15/h3-9,11-12H,10H2,1-2H3. The number of benzene rings is 2. The second-order valence-corrected chi connectivity index (χ2v) is 5.01. The number of fused-ring (bicyclic) bond motifs is 1. The highest BCUT2D eigenvalue weighted by Gasteiger charge is 2.05. The second-order valence-electron chi connectivity index (χ2n) is 5.01. The molecule has 0 aliphatic rings. The Morgan fingerprint density at radius 2 is 1.80 bits per heavy atom. The minimum Gasteiger partial charge on any atom is -0.241 e. The summed E-state index contributed by atoms with van der Waals surface area (Å²) in [5.74, 6) is 0. The predicted molar refractivity (Wildman–Crippen MR) is 82.5 cm³/mol. The topological polar surface area (TPSA) is 30.7 Å². The van der Waals surface area contributed by atoms with E-state index >= 15 is 0 Å². The van der Waals surface area contributed by atoms with Crippen LogP contribution in [0.5, 0.6) is 0 Å². The van der Waals surface area contributed by atoms with Crippen molar-refractivity contribution in [3.05, 3.63) is 65.2 Å². The molecule has 0 bridgehead atoms. The molecule has 0 saturated heterocycles. The summed E-state index contributed by atoms with van der Waals surface area (Å²) in [6, 6.07) is 14.5. The quantitative estimate of drug-likeness (QED) is 0.720. The van der Waals surface area contributed by atoms with Gasteiger partial charge in [-0.1, -0.05) is 47.7 Å². The predicted octanol–water partition coefficient (Wildman–Crippen LogP) is 3.76. The molecule has 1 aromatic heterocycles. The van der Waals surface area contributed by atoms with Crippen molar-refractivity contribution in [1.29, 1.82) is 0 Å². The molecule has 0 atom stereocenters. The SMILES string of the molecule is Cc1cc2nnn(CC=Cc3ccccc3)c2cc1C. The van der Waals surface area contributed by atoms with Crippen LogP contribution >= 0.6 is 0 Å². The maximum atomic E-state index is 4.23. The molecule has 0 spiro atoms. The molecule has 3 nitrogen and oxygen atoms in total. The van der Waals surface area contributed by atoms with Crippen LogP contribution in [0.3, 0.4) is 0 Å². The van der Waals surface area contributed by atoms with E-state index in [0.717, 1.165) is 17.6 Å². The van der Waals surface area contributed by atoms with Gasteiger partial charge in [-0.05, 0) is 42.7 Å². The van der Waals surface area contributed by atoms with E-state index in [0.29, 0.717) is 0 Å². The molecular weight excluding hydrogens is 246 g/mol. The molecule has 0 aliphatic carbocycles. The van der Waals surface area contributed by atoms with Gasteiger partial charge in [-0.15, -0.1) is 5.10 Å². The highest BCUT2D eigenvalue weighted by molar-refractivity contribution is 5.76. The molecule has 0 amide bonds. The van der Waals surface area contributed by atoms with Crippen LogP contribution in [-0.2, 0) is 6.54 Å². The zero-order valence-electron chi connectivity index (χ0n) is 11.7. The number of hydrogen-bond acceptors (Lipinski definition) is 2. The molecule has 0 N–H and O–H groups in total. The zero-order valence-corrected chi connectivity index (χ0v) is 11.7. The fraction of sp³-hybridized carbons (Fsp3) is 0.176. The van der Waals surface area contributed by atoms with E-state index in [1.165, 1.54) is 16.7 Å². The Morgan fingerprint density at radius 1 is 1.05 bits per heavy atom. The van der Waals surface area contributed by atoms with Crippen LogP contribution in [0.1, 0.15) is 16.7 Å². The van der Waals surface area contributed by atoms with Gasteiger partial charge in [0.15, 0.2) is 0 Å². The molecule has 0 fully saturated rings. The summed E-state index contributed by atoms with van der Waals surface area (Å²) in [6.07, 6.45) is 4.22. The van der Waals surface area contributed by atoms with Gasteiger partial charge in [0.2, 0.25) is 0 Å². The van der Waals surface area contributed by atoms with E-state index in [1.807, 2.05) is 22.9 Å². The third-order valence-electron chi connectivity index (χ3n) is 3.52. The van der Waals surface area contributed by atoms with Crippen molar-refractivity contribution in [2.45, 2.75) is 20.4 Å². The lowest BCUT2D eigenvalue weighted by Crippen LogP contribution is -1.97. The summed E-state index contributed by atoms with van der Waals surface area (Å²) in [5, 5.41) is 8.45. The first-order valence-electron chi connectivity index (χ1n) is 6.76. The van der Waals surface area contributed by atoms with Gasteiger partial charge in [-0.3, -0.25) is 0 Å². The third-order valence-corrected chi connectivity index (χ3v) is 3.52. The van der Waals surface area contributed by atoms with E-state index in [1.54, 1.807) is 0 Å². The number of aromatic nitrogens is 3. The van der Waals surface area contributed by atoms with Gasteiger partial charge >= 0.3 is 0 Å². The highest BCUT2D eigenvalue weighted by atomic mass is 15.4. The first-order chi connectivity index (χ1) is 9.74. The average Bonchev–Trinajstić information content (AvgIpc) is 2.83. The molecule has 0 radical (unpaired) electrons. The van der Waals surface area contributed by atoms with Crippen LogP contribution in [0.2, 0.25) is 0 Å². The van der Waals surface area contributed by atoms with E-state index in [2.05, 4.69) is 60.6 Å². The van der Waals surface area contributed by atoms with Gasteiger partial charge in [-0.2, -0.15) is 0 Å². The lowest BCUT2D eigenvalue weighted by atomic mass is 10.1. The summed E-state index contributed by atoms with van der Waals surface area (Å²) >= 11 is 0. The minimum atomic E-state index is 0.730. The van der Waals surface area contributed by atoms with Crippen molar-refractivity contribution in [3.63, 3.8) is 0 Å². The number of rotatable bonds is 3. The van der Waals surface area contributed by atoms with Crippen LogP contribution in [0.25, 0.3) is 17.1 Å². The maximum Gasteiger partial charge on any atom is 0.113 e. The smallest absolute Gasteiger partial charge is 0.113 e.